The first-order valence-corrected chi connectivity index (χ1v) is 11.4. The molecule has 5 aliphatic carbocycles. The minimum atomic E-state index is -6.48. The Morgan fingerprint density at radius 3 is 1.89 bits per heavy atom. The van der Waals surface area contributed by atoms with Crippen molar-refractivity contribution >= 4 is 10.1 Å². The lowest BCUT2D eigenvalue weighted by molar-refractivity contribution is -0.299. The third-order valence-electron chi connectivity index (χ3n) is 7.89. The zero-order chi connectivity index (χ0) is 20.1. The molecule has 160 valence electrons. The van der Waals surface area contributed by atoms with Crippen LogP contribution in [-0.2, 0) is 19.6 Å². The van der Waals surface area contributed by atoms with Crippen LogP contribution < -0.4 is 0 Å². The zero-order valence-electron chi connectivity index (χ0n) is 15.2. The SMILES string of the molecule is O=S(=O)([O-])C(F)(F)C(F)(F)C1CCC2OC3(OC2C1)C1CC2CC(C1)CC3C2. The van der Waals surface area contributed by atoms with Gasteiger partial charge in [-0.3, -0.25) is 0 Å². The monoisotopic (exact) mass is 427 g/mol. The summed E-state index contributed by atoms with van der Waals surface area (Å²) in [4.78, 5) is 0. The lowest BCUT2D eigenvalue weighted by atomic mass is 9.53. The van der Waals surface area contributed by atoms with Crippen LogP contribution in [0.1, 0.15) is 51.4 Å². The quantitative estimate of drug-likeness (QED) is 0.509. The lowest BCUT2D eigenvalue weighted by Gasteiger charge is -2.58. The Hall–Kier alpha value is -0.450. The second-order valence-corrected chi connectivity index (χ2v) is 10.9. The molecule has 0 aromatic heterocycles. The van der Waals surface area contributed by atoms with Crippen molar-refractivity contribution in [2.24, 2.45) is 29.6 Å². The average molecular weight is 427 g/mol. The van der Waals surface area contributed by atoms with Gasteiger partial charge in [-0.2, -0.15) is 17.6 Å². The van der Waals surface area contributed by atoms with Crippen molar-refractivity contribution in [3.05, 3.63) is 0 Å². The molecule has 6 aliphatic rings. The van der Waals surface area contributed by atoms with Gasteiger partial charge in [-0.1, -0.05) is 0 Å². The Balaban J connectivity index is 1.36. The van der Waals surface area contributed by atoms with E-state index in [0.29, 0.717) is 11.8 Å². The van der Waals surface area contributed by atoms with E-state index in [1.807, 2.05) is 0 Å². The number of ether oxygens (including phenoxy) is 2. The van der Waals surface area contributed by atoms with E-state index >= 15 is 0 Å². The van der Waals surface area contributed by atoms with E-state index in [1.165, 1.54) is 6.42 Å². The van der Waals surface area contributed by atoms with Crippen LogP contribution >= 0.6 is 0 Å². The number of fused-ring (bicyclic) bond motifs is 1. The summed E-state index contributed by atoms with van der Waals surface area (Å²) in [6.07, 6.45) is 3.27. The molecule has 0 aromatic carbocycles. The van der Waals surface area contributed by atoms with Crippen molar-refractivity contribution in [3.8, 4) is 0 Å². The highest BCUT2D eigenvalue weighted by Crippen LogP contribution is 2.63. The van der Waals surface area contributed by atoms with Gasteiger partial charge in [0.05, 0.1) is 12.2 Å². The molecule has 6 fully saturated rings. The van der Waals surface area contributed by atoms with E-state index in [9.17, 15) is 30.5 Å². The molecular formula is C18H23F4O5S-. The Morgan fingerprint density at radius 2 is 1.36 bits per heavy atom. The van der Waals surface area contributed by atoms with Gasteiger partial charge < -0.3 is 14.0 Å². The van der Waals surface area contributed by atoms with Crippen molar-refractivity contribution in [1.82, 2.24) is 0 Å². The number of hydrogen-bond donors (Lipinski definition) is 0. The van der Waals surface area contributed by atoms with Crippen molar-refractivity contribution < 1.29 is 40.0 Å². The molecule has 3 unspecified atom stereocenters. The summed E-state index contributed by atoms with van der Waals surface area (Å²) in [5, 5.41) is -5.64. The number of rotatable bonds is 3. The molecule has 0 radical (unpaired) electrons. The predicted octanol–water partition coefficient (Wildman–Crippen LogP) is 3.50. The van der Waals surface area contributed by atoms with Crippen LogP contribution in [0.2, 0.25) is 0 Å². The van der Waals surface area contributed by atoms with Crippen LogP contribution in [0.15, 0.2) is 0 Å². The van der Waals surface area contributed by atoms with Crippen LogP contribution in [0, 0.1) is 29.6 Å². The summed E-state index contributed by atoms with van der Waals surface area (Å²) in [5.74, 6) is -5.97. The molecule has 4 bridgehead atoms. The van der Waals surface area contributed by atoms with Crippen LogP contribution in [0.25, 0.3) is 0 Å². The van der Waals surface area contributed by atoms with Crippen molar-refractivity contribution in [1.29, 1.82) is 0 Å². The Morgan fingerprint density at radius 1 is 0.821 bits per heavy atom. The Kier molecular flexibility index (Phi) is 4.06. The molecule has 0 aromatic rings. The molecular weight excluding hydrogens is 404 g/mol. The van der Waals surface area contributed by atoms with Gasteiger partial charge >= 0.3 is 11.2 Å². The highest BCUT2D eigenvalue weighted by Gasteiger charge is 2.69. The Labute approximate surface area is 160 Å². The second-order valence-electron chi connectivity index (χ2n) is 9.44. The van der Waals surface area contributed by atoms with Crippen molar-refractivity contribution in [2.75, 3.05) is 0 Å². The third kappa shape index (κ3) is 2.50. The van der Waals surface area contributed by atoms with E-state index in [0.717, 1.165) is 25.7 Å². The van der Waals surface area contributed by atoms with Crippen LogP contribution in [0.4, 0.5) is 17.6 Å². The van der Waals surface area contributed by atoms with Crippen LogP contribution in [0.3, 0.4) is 0 Å². The molecule has 5 nitrogen and oxygen atoms in total. The third-order valence-corrected chi connectivity index (χ3v) is 8.79. The molecule has 28 heavy (non-hydrogen) atoms. The number of alkyl halides is 4. The molecule has 1 aliphatic heterocycles. The summed E-state index contributed by atoms with van der Waals surface area (Å²) < 4.78 is 101. The maximum Gasteiger partial charge on any atom is 0.396 e. The largest absolute Gasteiger partial charge is 0.743 e. The van der Waals surface area contributed by atoms with Gasteiger partial charge in [0.2, 0.25) is 0 Å². The van der Waals surface area contributed by atoms with Gasteiger partial charge in [-0.05, 0) is 63.2 Å². The fraction of sp³-hybridized carbons (Fsp3) is 1.00. The fourth-order valence-electron chi connectivity index (χ4n) is 6.82. The minimum Gasteiger partial charge on any atom is -0.743 e. The van der Waals surface area contributed by atoms with Crippen molar-refractivity contribution in [2.45, 2.75) is 80.5 Å². The molecule has 5 saturated carbocycles. The molecule has 0 amide bonds. The summed E-state index contributed by atoms with van der Waals surface area (Å²) >= 11 is 0. The first kappa shape index (κ1) is 19.5. The van der Waals surface area contributed by atoms with Gasteiger partial charge in [0.15, 0.2) is 15.9 Å². The first-order chi connectivity index (χ1) is 12.9. The summed E-state index contributed by atoms with van der Waals surface area (Å²) in [5.41, 5.74) is 0. The summed E-state index contributed by atoms with van der Waals surface area (Å²) in [6, 6.07) is 0. The highest BCUT2D eigenvalue weighted by atomic mass is 32.2. The van der Waals surface area contributed by atoms with Gasteiger partial charge in [0.1, 0.15) is 0 Å². The Bertz CT molecular complexity index is 742. The van der Waals surface area contributed by atoms with E-state index in [2.05, 4.69) is 0 Å². The second kappa shape index (κ2) is 5.82. The highest BCUT2D eigenvalue weighted by molar-refractivity contribution is 7.86. The standard InChI is InChI=1S/C18H24F4O5S/c19-17(20,18(21,22)28(23,24)25)11-1-2-14-15(8-11)27-16(26-14)12-4-9-3-10(6-12)7-13(16)5-9/h9-15H,1-8H2,(H,23,24,25)/p-1. The summed E-state index contributed by atoms with van der Waals surface area (Å²) in [6.45, 7) is 0. The predicted molar refractivity (Wildman–Crippen MR) is 86.5 cm³/mol. The molecule has 1 heterocycles. The van der Waals surface area contributed by atoms with E-state index in [4.69, 9.17) is 9.47 Å². The minimum absolute atomic E-state index is 0.0912. The zero-order valence-corrected chi connectivity index (χ0v) is 16.0. The molecule has 10 heteroatoms. The van der Waals surface area contributed by atoms with Gasteiger partial charge in [-0.25, -0.2) is 8.42 Å². The molecule has 3 atom stereocenters. The molecule has 0 N–H and O–H groups in total. The number of hydrogen-bond acceptors (Lipinski definition) is 5. The van der Waals surface area contributed by atoms with Crippen LogP contribution in [-0.4, -0.2) is 42.1 Å². The first-order valence-electron chi connectivity index (χ1n) is 10.0. The molecule has 1 saturated heterocycles. The van der Waals surface area contributed by atoms with E-state index < -0.39 is 51.6 Å². The lowest BCUT2D eigenvalue weighted by Crippen LogP contribution is -2.58. The maximum atomic E-state index is 14.3. The molecule has 6 rings (SSSR count). The maximum absolute atomic E-state index is 14.3. The van der Waals surface area contributed by atoms with Gasteiger partial charge in [0, 0.05) is 17.8 Å². The fourth-order valence-corrected chi connectivity index (χ4v) is 7.32. The molecule has 1 spiro atoms. The summed E-state index contributed by atoms with van der Waals surface area (Å²) in [7, 11) is -6.48. The van der Waals surface area contributed by atoms with Crippen molar-refractivity contribution in [3.63, 3.8) is 0 Å². The van der Waals surface area contributed by atoms with Gasteiger partial charge in [0.25, 0.3) is 0 Å². The normalized spacial score (nSPS) is 48.2. The number of halogens is 4. The van der Waals surface area contributed by atoms with E-state index in [1.54, 1.807) is 0 Å². The van der Waals surface area contributed by atoms with Crippen LogP contribution in [0.5, 0.6) is 0 Å². The smallest absolute Gasteiger partial charge is 0.396 e. The van der Waals surface area contributed by atoms with Gasteiger partial charge in [-0.15, -0.1) is 0 Å². The average Bonchev–Trinajstić information content (AvgIpc) is 2.97. The van der Waals surface area contributed by atoms with E-state index in [-0.39, 0.29) is 24.7 Å². The topological polar surface area (TPSA) is 75.7 Å².